The minimum Gasteiger partial charge on any atom is -0.524 e. The number of carbonyl (C=O) groups excluding carboxylic acids is 3. The van der Waals surface area contributed by atoms with Gasteiger partial charge in [-0.1, -0.05) is 42.5 Å². The predicted octanol–water partition coefficient (Wildman–Crippen LogP) is 2.90. The van der Waals surface area contributed by atoms with Gasteiger partial charge in [0, 0.05) is 6.54 Å². The Kier molecular flexibility index (Phi) is 7.88. The van der Waals surface area contributed by atoms with E-state index < -0.39 is 25.1 Å². The third kappa shape index (κ3) is 6.12. The first kappa shape index (κ1) is 24.1. The van der Waals surface area contributed by atoms with Crippen LogP contribution in [0.4, 0.5) is 4.79 Å². The van der Waals surface area contributed by atoms with Crippen molar-refractivity contribution in [1.29, 1.82) is 5.26 Å². The number of nitrogens with zero attached hydrogens (tertiary/aromatic N) is 2. The molecule has 0 saturated carbocycles. The maximum Gasteiger partial charge on any atom is 0.621 e. The highest BCUT2D eigenvalue weighted by Gasteiger charge is 2.42. The summed E-state index contributed by atoms with van der Waals surface area (Å²) in [4.78, 5) is 39.2. The van der Waals surface area contributed by atoms with Crippen molar-refractivity contribution in [3.8, 4) is 11.8 Å². The smallest absolute Gasteiger partial charge is 0.524 e. The molecular weight excluding hydrogens is 449 g/mol. The van der Waals surface area contributed by atoms with Crippen molar-refractivity contribution < 1.29 is 28.4 Å². The predicted molar refractivity (Wildman–Crippen MR) is 126 cm³/mol. The van der Waals surface area contributed by atoms with E-state index in [1.807, 2.05) is 36.4 Å². The van der Waals surface area contributed by atoms with Crippen molar-refractivity contribution in [2.75, 3.05) is 13.2 Å². The van der Waals surface area contributed by atoms with Gasteiger partial charge in [0.25, 0.3) is 0 Å². The zero-order valence-electron chi connectivity index (χ0n) is 19.2. The highest BCUT2D eigenvalue weighted by Crippen LogP contribution is 2.26. The molecule has 2 aromatic carbocycles. The Bertz CT molecular complexity index is 1110. The number of benzene rings is 2. The number of nitrogens with one attached hydrogen (secondary N) is 1. The summed E-state index contributed by atoms with van der Waals surface area (Å²) in [7, 11) is -1.05. The van der Waals surface area contributed by atoms with Gasteiger partial charge in [0.05, 0.1) is 23.6 Å². The van der Waals surface area contributed by atoms with Gasteiger partial charge in [-0.25, -0.2) is 9.59 Å². The lowest BCUT2D eigenvalue weighted by atomic mass is 9.73. The fraction of sp³-hybridized carbons (Fsp3) is 0.360. The van der Waals surface area contributed by atoms with Gasteiger partial charge in [0.15, 0.2) is 0 Å². The molecule has 1 fully saturated rings. The zero-order chi connectivity index (χ0) is 24.6. The zero-order valence-corrected chi connectivity index (χ0v) is 19.2. The number of fused-ring (bicyclic) bond motifs is 1. The lowest BCUT2D eigenvalue weighted by molar-refractivity contribution is -0.134. The molecule has 0 aliphatic carbocycles. The van der Waals surface area contributed by atoms with Gasteiger partial charge in [-0.15, -0.1) is 0 Å². The summed E-state index contributed by atoms with van der Waals surface area (Å²) in [5.41, 5.74) is 1.24. The molecule has 2 aromatic rings. The van der Waals surface area contributed by atoms with Crippen LogP contribution in [0.2, 0.25) is 0 Å². The summed E-state index contributed by atoms with van der Waals surface area (Å²) in [6, 6.07) is 17.8. The molecule has 0 radical (unpaired) electrons. The molecule has 0 aromatic heterocycles. The topological polar surface area (TPSA) is 118 Å². The molecule has 2 aliphatic heterocycles. The molecule has 1 saturated heterocycles. The summed E-state index contributed by atoms with van der Waals surface area (Å²) in [5, 5.41) is 11.6. The first-order valence-electron chi connectivity index (χ1n) is 11.7. The molecule has 9 nitrogen and oxygen atoms in total. The Morgan fingerprint density at radius 3 is 2.71 bits per heavy atom. The lowest BCUT2D eigenvalue weighted by Gasteiger charge is -2.35. The highest BCUT2D eigenvalue weighted by atomic mass is 16.6. The van der Waals surface area contributed by atoms with Gasteiger partial charge in [0.2, 0.25) is 5.91 Å². The maximum atomic E-state index is 12.8. The van der Waals surface area contributed by atoms with E-state index >= 15 is 0 Å². The standard InChI is InChI=1S/C25H26BN3O6/c27-14-13-23(30)29-15-7-6-10-19(29)17-33-25(32)28-22(16-18-8-2-1-3-9-18)26-34-21-12-5-4-11-20(21)24(31)35-26/h1-5,8-9,11-12,19,22H,6-7,10,13,15-17H2,(H,28,32). The number of piperidine rings is 1. The van der Waals surface area contributed by atoms with E-state index in [1.54, 1.807) is 29.2 Å². The number of amides is 2. The number of ether oxygens (including phenoxy) is 1. The molecule has 1 N–H and O–H groups in total. The number of hydrogen-bond acceptors (Lipinski definition) is 7. The van der Waals surface area contributed by atoms with E-state index in [-0.39, 0.29) is 25.0 Å². The molecule has 10 heteroatoms. The van der Waals surface area contributed by atoms with E-state index in [2.05, 4.69) is 5.32 Å². The summed E-state index contributed by atoms with van der Waals surface area (Å²) >= 11 is 0. The number of likely N-dealkylation sites (tertiary alicyclic amines) is 1. The number of rotatable bonds is 7. The van der Waals surface area contributed by atoms with Crippen LogP contribution in [0.3, 0.4) is 0 Å². The van der Waals surface area contributed by atoms with Gasteiger partial charge >= 0.3 is 19.2 Å². The average Bonchev–Trinajstić information content (AvgIpc) is 2.88. The van der Waals surface area contributed by atoms with Crippen LogP contribution in [0.25, 0.3) is 0 Å². The van der Waals surface area contributed by atoms with E-state index in [9.17, 15) is 14.4 Å². The van der Waals surface area contributed by atoms with Gasteiger partial charge in [-0.05, 0) is 43.4 Å². The SMILES string of the molecule is N#CCC(=O)N1CCCCC1COC(=O)NC(Cc1ccccc1)B1OC(=O)c2ccccc2O1. The Hall–Kier alpha value is -4.00. The highest BCUT2D eigenvalue weighted by molar-refractivity contribution is 6.51. The largest absolute Gasteiger partial charge is 0.621 e. The lowest BCUT2D eigenvalue weighted by Crippen LogP contribution is -2.55. The Balaban J connectivity index is 1.43. The van der Waals surface area contributed by atoms with Gasteiger partial charge in [0.1, 0.15) is 18.8 Å². The molecule has 2 heterocycles. The molecular formula is C25H26BN3O6. The molecule has 2 aliphatic rings. The third-order valence-corrected chi connectivity index (χ3v) is 6.09. The van der Waals surface area contributed by atoms with Crippen LogP contribution in [0, 0.1) is 11.3 Å². The van der Waals surface area contributed by atoms with E-state index in [1.165, 1.54) is 0 Å². The second-order valence-corrected chi connectivity index (χ2v) is 8.50. The molecule has 2 atom stereocenters. The van der Waals surface area contributed by atoms with E-state index in [0.717, 1.165) is 18.4 Å². The van der Waals surface area contributed by atoms with Gasteiger partial charge in [-0.2, -0.15) is 5.26 Å². The third-order valence-electron chi connectivity index (χ3n) is 6.09. The van der Waals surface area contributed by atoms with Crippen LogP contribution in [0.1, 0.15) is 41.6 Å². The van der Waals surface area contributed by atoms with Crippen LogP contribution < -0.4 is 9.97 Å². The summed E-state index contributed by atoms with van der Waals surface area (Å²) in [6.07, 6.45) is 1.89. The average molecular weight is 475 g/mol. The van der Waals surface area contributed by atoms with Crippen LogP contribution in [-0.4, -0.2) is 55.1 Å². The number of carbonyl (C=O) groups is 3. The van der Waals surface area contributed by atoms with E-state index in [4.69, 9.17) is 19.3 Å². The minimum absolute atomic E-state index is 0.00913. The molecule has 2 unspecified atom stereocenters. The Morgan fingerprint density at radius 2 is 1.91 bits per heavy atom. The number of hydrogen-bond donors (Lipinski definition) is 1. The van der Waals surface area contributed by atoms with Crippen molar-refractivity contribution in [3.63, 3.8) is 0 Å². The Morgan fingerprint density at radius 1 is 1.14 bits per heavy atom. The van der Waals surface area contributed by atoms with Crippen molar-refractivity contribution >= 4 is 25.1 Å². The first-order valence-corrected chi connectivity index (χ1v) is 11.7. The quantitative estimate of drug-likeness (QED) is 0.612. The van der Waals surface area contributed by atoms with Crippen molar-refractivity contribution in [2.45, 2.75) is 44.1 Å². The molecule has 0 spiro atoms. The van der Waals surface area contributed by atoms with E-state index in [0.29, 0.717) is 30.7 Å². The monoisotopic (exact) mass is 475 g/mol. The molecule has 4 rings (SSSR count). The van der Waals surface area contributed by atoms with Crippen molar-refractivity contribution in [3.05, 3.63) is 65.7 Å². The molecule has 180 valence electrons. The fourth-order valence-corrected chi connectivity index (χ4v) is 4.34. The molecule has 0 bridgehead atoms. The minimum atomic E-state index is -1.05. The van der Waals surface area contributed by atoms with Crippen molar-refractivity contribution in [1.82, 2.24) is 10.2 Å². The molecule has 2 amide bonds. The normalized spacial score (nSPS) is 17.8. The van der Waals surface area contributed by atoms with Crippen LogP contribution in [0.5, 0.6) is 5.75 Å². The van der Waals surface area contributed by atoms with Crippen molar-refractivity contribution in [2.24, 2.45) is 0 Å². The summed E-state index contributed by atoms with van der Waals surface area (Å²) in [6.45, 7) is 0.549. The summed E-state index contributed by atoms with van der Waals surface area (Å²) in [5.74, 6) is -1.12. The second-order valence-electron chi connectivity index (χ2n) is 8.50. The number of nitriles is 1. The fourth-order valence-electron chi connectivity index (χ4n) is 4.34. The summed E-state index contributed by atoms with van der Waals surface area (Å²) < 4.78 is 16.9. The van der Waals surface area contributed by atoms with Gasteiger partial charge < -0.3 is 24.3 Å². The first-order chi connectivity index (χ1) is 17.0. The number of para-hydroxylation sites is 1. The van der Waals surface area contributed by atoms with Crippen LogP contribution in [0.15, 0.2) is 54.6 Å². The Labute approximate surface area is 204 Å². The second kappa shape index (κ2) is 11.4. The van der Waals surface area contributed by atoms with Gasteiger partial charge in [-0.3, -0.25) is 4.79 Å². The number of alkyl carbamates (subject to hydrolysis) is 1. The molecule has 35 heavy (non-hydrogen) atoms. The van der Waals surface area contributed by atoms with Crippen LogP contribution in [-0.2, 0) is 20.6 Å². The maximum absolute atomic E-state index is 12.8. The van der Waals surface area contributed by atoms with Crippen LogP contribution >= 0.6 is 0 Å².